The van der Waals surface area contributed by atoms with Crippen molar-refractivity contribution in [1.82, 2.24) is 5.32 Å². The lowest BCUT2D eigenvalue weighted by Crippen LogP contribution is -2.37. The van der Waals surface area contributed by atoms with E-state index in [-0.39, 0.29) is 0 Å². The molecule has 0 aromatic carbocycles. The van der Waals surface area contributed by atoms with E-state index in [4.69, 9.17) is 9.47 Å². The monoisotopic (exact) mass is 203 g/mol. The first-order valence-corrected chi connectivity index (χ1v) is 5.50. The summed E-state index contributed by atoms with van der Waals surface area (Å²) >= 11 is 0. The second kappa shape index (κ2) is 9.44. The molecule has 0 saturated carbocycles. The smallest absolute Gasteiger partial charge is 0.0622 e. The Morgan fingerprint density at radius 3 is 2.50 bits per heavy atom. The zero-order chi connectivity index (χ0) is 10.8. The molecule has 0 aromatic heterocycles. The molecule has 2 unspecified atom stereocenters. The van der Waals surface area contributed by atoms with Gasteiger partial charge in [0.1, 0.15) is 0 Å². The van der Waals surface area contributed by atoms with Crippen molar-refractivity contribution in [1.29, 1.82) is 0 Å². The fourth-order valence-electron chi connectivity index (χ4n) is 1.39. The van der Waals surface area contributed by atoms with Gasteiger partial charge < -0.3 is 14.8 Å². The van der Waals surface area contributed by atoms with Crippen LogP contribution in [0.4, 0.5) is 0 Å². The van der Waals surface area contributed by atoms with Gasteiger partial charge in [0.2, 0.25) is 0 Å². The summed E-state index contributed by atoms with van der Waals surface area (Å²) in [7, 11) is 3.73. The third-order valence-corrected chi connectivity index (χ3v) is 2.48. The van der Waals surface area contributed by atoms with Gasteiger partial charge in [-0.3, -0.25) is 0 Å². The molecule has 0 rings (SSSR count). The van der Waals surface area contributed by atoms with Gasteiger partial charge in [-0.15, -0.1) is 0 Å². The topological polar surface area (TPSA) is 30.5 Å². The van der Waals surface area contributed by atoms with Crippen molar-refractivity contribution >= 4 is 0 Å². The first-order valence-electron chi connectivity index (χ1n) is 5.50. The molecule has 0 aliphatic rings. The number of rotatable bonds is 9. The molecule has 0 aliphatic heterocycles. The molecule has 0 amide bonds. The molecule has 3 heteroatoms. The number of methoxy groups -OCH3 is 1. The van der Waals surface area contributed by atoms with Crippen molar-refractivity contribution in [2.45, 2.75) is 32.7 Å². The summed E-state index contributed by atoms with van der Waals surface area (Å²) in [6.07, 6.45) is 2.17. The summed E-state index contributed by atoms with van der Waals surface area (Å²) in [6, 6.07) is 0.441. The van der Waals surface area contributed by atoms with E-state index in [2.05, 4.69) is 19.2 Å². The Balaban J connectivity index is 3.62. The molecule has 86 valence electrons. The quantitative estimate of drug-likeness (QED) is 0.578. The average Bonchev–Trinajstić information content (AvgIpc) is 2.21. The van der Waals surface area contributed by atoms with E-state index >= 15 is 0 Å². The predicted molar refractivity (Wildman–Crippen MR) is 59.6 cm³/mol. The molecule has 1 N–H and O–H groups in total. The Hall–Kier alpha value is -0.120. The van der Waals surface area contributed by atoms with Crippen LogP contribution in [0.3, 0.4) is 0 Å². The van der Waals surface area contributed by atoms with Crippen LogP contribution in [0.5, 0.6) is 0 Å². The predicted octanol–water partition coefficient (Wildman–Crippen LogP) is 1.67. The summed E-state index contributed by atoms with van der Waals surface area (Å²) < 4.78 is 10.6. The molecule has 0 heterocycles. The van der Waals surface area contributed by atoms with Gasteiger partial charge in [-0.05, 0) is 25.8 Å². The summed E-state index contributed by atoms with van der Waals surface area (Å²) in [6.45, 7) is 6.84. The number of hydrogen-bond donors (Lipinski definition) is 1. The first kappa shape index (κ1) is 13.9. The maximum Gasteiger partial charge on any atom is 0.0622 e. The van der Waals surface area contributed by atoms with E-state index in [1.807, 2.05) is 7.05 Å². The van der Waals surface area contributed by atoms with Gasteiger partial charge in [-0.1, -0.05) is 13.8 Å². The normalized spacial score (nSPS) is 15.4. The minimum absolute atomic E-state index is 0.441. The van der Waals surface area contributed by atoms with Crippen molar-refractivity contribution in [3.8, 4) is 0 Å². The third-order valence-electron chi connectivity index (χ3n) is 2.48. The van der Waals surface area contributed by atoms with Crippen LogP contribution in [-0.2, 0) is 9.47 Å². The van der Waals surface area contributed by atoms with Gasteiger partial charge in [-0.25, -0.2) is 0 Å². The van der Waals surface area contributed by atoms with Gasteiger partial charge in [0.25, 0.3) is 0 Å². The Kier molecular flexibility index (Phi) is 9.35. The Bertz CT molecular complexity index is 120. The molecule has 0 bridgehead atoms. The summed E-state index contributed by atoms with van der Waals surface area (Å²) in [5.74, 6) is 0.594. The van der Waals surface area contributed by atoms with Gasteiger partial charge in [0.05, 0.1) is 6.61 Å². The van der Waals surface area contributed by atoms with E-state index < -0.39 is 0 Å². The standard InChI is InChI=1S/C11H25NO2/c1-5-7-14-9-11(12-3)10(2)6-8-13-4/h10-12H,5-9H2,1-4H3. The Morgan fingerprint density at radius 1 is 1.29 bits per heavy atom. The van der Waals surface area contributed by atoms with E-state index in [9.17, 15) is 0 Å². The van der Waals surface area contributed by atoms with Crippen molar-refractivity contribution < 1.29 is 9.47 Å². The highest BCUT2D eigenvalue weighted by molar-refractivity contribution is 4.71. The van der Waals surface area contributed by atoms with Gasteiger partial charge in [-0.2, -0.15) is 0 Å². The van der Waals surface area contributed by atoms with Gasteiger partial charge in [0, 0.05) is 26.4 Å². The molecule has 3 nitrogen and oxygen atoms in total. The first-order chi connectivity index (χ1) is 6.76. The third kappa shape index (κ3) is 6.35. The van der Waals surface area contributed by atoms with Crippen LogP contribution in [0.15, 0.2) is 0 Å². The lowest BCUT2D eigenvalue weighted by atomic mass is 9.99. The average molecular weight is 203 g/mol. The van der Waals surface area contributed by atoms with Crippen LogP contribution >= 0.6 is 0 Å². The maximum absolute atomic E-state index is 5.53. The number of ether oxygens (including phenoxy) is 2. The second-order valence-corrected chi connectivity index (χ2v) is 3.73. The molecule has 0 saturated heterocycles. The second-order valence-electron chi connectivity index (χ2n) is 3.73. The van der Waals surface area contributed by atoms with Crippen molar-refractivity contribution in [3.63, 3.8) is 0 Å². The lowest BCUT2D eigenvalue weighted by molar-refractivity contribution is 0.0891. The summed E-state index contributed by atoms with van der Waals surface area (Å²) in [4.78, 5) is 0. The molecular weight excluding hydrogens is 178 g/mol. The summed E-state index contributed by atoms with van der Waals surface area (Å²) in [5.41, 5.74) is 0. The van der Waals surface area contributed by atoms with Crippen LogP contribution < -0.4 is 5.32 Å². The van der Waals surface area contributed by atoms with Crippen LogP contribution in [0.1, 0.15) is 26.7 Å². The number of hydrogen-bond acceptors (Lipinski definition) is 3. The van der Waals surface area contributed by atoms with Crippen LogP contribution in [0, 0.1) is 5.92 Å². The zero-order valence-electron chi connectivity index (χ0n) is 10.0. The molecule has 2 atom stereocenters. The maximum atomic E-state index is 5.53. The van der Waals surface area contributed by atoms with Gasteiger partial charge >= 0.3 is 0 Å². The number of likely N-dealkylation sites (N-methyl/N-ethyl adjacent to an activating group) is 1. The Morgan fingerprint density at radius 2 is 2.00 bits per heavy atom. The SMILES string of the molecule is CCCOCC(NC)C(C)CCOC. The molecule has 0 aliphatic carbocycles. The highest BCUT2D eigenvalue weighted by atomic mass is 16.5. The van der Waals surface area contributed by atoms with Crippen molar-refractivity contribution in [3.05, 3.63) is 0 Å². The summed E-state index contributed by atoms with van der Waals surface area (Å²) in [5, 5.41) is 3.29. The number of nitrogens with one attached hydrogen (secondary N) is 1. The zero-order valence-corrected chi connectivity index (χ0v) is 10.0. The fraction of sp³-hybridized carbons (Fsp3) is 1.00. The van der Waals surface area contributed by atoms with Crippen molar-refractivity contribution in [2.24, 2.45) is 5.92 Å². The molecule has 0 radical (unpaired) electrons. The van der Waals surface area contributed by atoms with Crippen LogP contribution in [0.2, 0.25) is 0 Å². The van der Waals surface area contributed by atoms with Crippen LogP contribution in [0.25, 0.3) is 0 Å². The van der Waals surface area contributed by atoms with E-state index in [1.54, 1.807) is 7.11 Å². The van der Waals surface area contributed by atoms with E-state index in [1.165, 1.54) is 0 Å². The highest BCUT2D eigenvalue weighted by Gasteiger charge is 2.14. The minimum atomic E-state index is 0.441. The minimum Gasteiger partial charge on any atom is -0.385 e. The molecule has 14 heavy (non-hydrogen) atoms. The highest BCUT2D eigenvalue weighted by Crippen LogP contribution is 2.08. The van der Waals surface area contributed by atoms with Crippen molar-refractivity contribution in [2.75, 3.05) is 34.0 Å². The largest absolute Gasteiger partial charge is 0.385 e. The van der Waals surface area contributed by atoms with Gasteiger partial charge in [0.15, 0.2) is 0 Å². The molecule has 0 aromatic rings. The van der Waals surface area contributed by atoms with E-state index in [0.717, 1.165) is 32.7 Å². The van der Waals surface area contributed by atoms with Crippen LogP contribution in [-0.4, -0.2) is 40.0 Å². The molecular formula is C11H25NO2. The lowest BCUT2D eigenvalue weighted by Gasteiger charge is -2.23. The van der Waals surface area contributed by atoms with E-state index in [0.29, 0.717) is 12.0 Å². The Labute approximate surface area is 88.2 Å². The fourth-order valence-corrected chi connectivity index (χ4v) is 1.39. The molecule has 0 fully saturated rings. The molecule has 0 spiro atoms.